The number of rotatable bonds is 5. The molecule has 0 spiro atoms. The Morgan fingerprint density at radius 1 is 1.39 bits per heavy atom. The maximum absolute atomic E-state index is 12.8. The molecule has 1 fully saturated rings. The Hall–Kier alpha value is -2.17. The van der Waals surface area contributed by atoms with Gasteiger partial charge in [-0.05, 0) is 36.8 Å². The number of hydrogen-bond donors (Lipinski definition) is 1. The molecule has 28 heavy (non-hydrogen) atoms. The summed E-state index contributed by atoms with van der Waals surface area (Å²) >= 11 is 6.40. The predicted octanol–water partition coefficient (Wildman–Crippen LogP) is 1.71. The maximum atomic E-state index is 12.8. The molecule has 7 nitrogen and oxygen atoms in total. The maximum Gasteiger partial charge on any atom is 0.266 e. The number of ether oxygens (including phenoxy) is 1. The van der Waals surface area contributed by atoms with E-state index in [1.165, 1.54) is 11.0 Å². The largest absolute Gasteiger partial charge is 0.497 e. The minimum atomic E-state index is -3.28. The van der Waals surface area contributed by atoms with Crippen LogP contribution in [0.2, 0.25) is 0 Å². The lowest BCUT2D eigenvalue weighted by atomic mass is 10.2. The summed E-state index contributed by atoms with van der Waals surface area (Å²) in [6, 6.07) is 5.74. The minimum absolute atomic E-state index is 0.179. The highest BCUT2D eigenvalue weighted by atomic mass is 32.2. The van der Waals surface area contributed by atoms with Gasteiger partial charge in [-0.2, -0.15) is 0 Å². The Bertz CT molecular complexity index is 983. The molecular formula is C18H18N2O5S3. The first-order chi connectivity index (χ1) is 13.2. The van der Waals surface area contributed by atoms with Gasteiger partial charge in [0, 0.05) is 5.41 Å². The molecule has 10 heteroatoms. The van der Waals surface area contributed by atoms with Crippen LogP contribution in [-0.2, 0) is 19.4 Å². The highest BCUT2D eigenvalue weighted by Crippen LogP contribution is 2.34. The van der Waals surface area contributed by atoms with Gasteiger partial charge in [0.1, 0.15) is 16.1 Å². The lowest BCUT2D eigenvalue weighted by molar-refractivity contribution is -0.132. The molecule has 1 saturated heterocycles. The van der Waals surface area contributed by atoms with E-state index >= 15 is 0 Å². The summed E-state index contributed by atoms with van der Waals surface area (Å²) in [4.78, 5) is 26.9. The summed E-state index contributed by atoms with van der Waals surface area (Å²) < 4.78 is 28.3. The van der Waals surface area contributed by atoms with Gasteiger partial charge in [0.25, 0.3) is 5.91 Å². The molecule has 2 heterocycles. The van der Waals surface area contributed by atoms with Gasteiger partial charge in [0.05, 0.1) is 23.8 Å². The molecular weight excluding hydrogens is 420 g/mol. The molecule has 2 aliphatic rings. The number of benzene rings is 1. The van der Waals surface area contributed by atoms with Crippen molar-refractivity contribution in [1.29, 1.82) is 0 Å². The van der Waals surface area contributed by atoms with E-state index in [0.717, 1.165) is 22.7 Å². The van der Waals surface area contributed by atoms with Gasteiger partial charge < -0.3 is 10.1 Å². The monoisotopic (exact) mass is 438 g/mol. The van der Waals surface area contributed by atoms with Crippen molar-refractivity contribution in [3.05, 3.63) is 46.2 Å². The molecule has 0 unspecified atom stereocenters. The first-order valence-corrected chi connectivity index (χ1v) is 11.3. The van der Waals surface area contributed by atoms with E-state index in [-0.39, 0.29) is 16.0 Å². The van der Waals surface area contributed by atoms with Crippen LogP contribution in [0.1, 0.15) is 12.5 Å². The van der Waals surface area contributed by atoms with Crippen molar-refractivity contribution in [2.24, 2.45) is 0 Å². The van der Waals surface area contributed by atoms with Crippen molar-refractivity contribution in [3.63, 3.8) is 0 Å². The summed E-state index contributed by atoms with van der Waals surface area (Å²) in [5, 5.41) is 3.71. The molecule has 1 N–H and O–H groups in total. The SMILES string of the molecule is COc1ccc(/C=C2\SC(=S)N([C@@H](C)C(=O)N[C@@H]3C=CS(=O)(=O)C3)C2=O)cc1. The van der Waals surface area contributed by atoms with Gasteiger partial charge in [-0.25, -0.2) is 8.42 Å². The van der Waals surface area contributed by atoms with E-state index in [1.807, 2.05) is 12.1 Å². The third kappa shape index (κ3) is 4.45. The van der Waals surface area contributed by atoms with E-state index in [9.17, 15) is 18.0 Å². The third-order valence-corrected chi connectivity index (χ3v) is 6.99. The Morgan fingerprint density at radius 3 is 2.64 bits per heavy atom. The Labute approximate surface area is 172 Å². The van der Waals surface area contributed by atoms with Crippen molar-refractivity contribution < 1.29 is 22.7 Å². The van der Waals surface area contributed by atoms with Crippen LogP contribution in [0.4, 0.5) is 0 Å². The highest BCUT2D eigenvalue weighted by Gasteiger charge is 2.39. The summed E-state index contributed by atoms with van der Waals surface area (Å²) in [6.45, 7) is 1.56. The Kier molecular flexibility index (Phi) is 5.92. The lowest BCUT2D eigenvalue weighted by Gasteiger charge is -2.23. The highest BCUT2D eigenvalue weighted by molar-refractivity contribution is 8.26. The summed E-state index contributed by atoms with van der Waals surface area (Å²) in [6.07, 6.45) is 3.13. The van der Waals surface area contributed by atoms with Gasteiger partial charge in [-0.3, -0.25) is 14.5 Å². The molecule has 2 aliphatic heterocycles. The number of amides is 2. The zero-order valence-electron chi connectivity index (χ0n) is 15.1. The van der Waals surface area contributed by atoms with Crippen LogP contribution in [0.25, 0.3) is 6.08 Å². The van der Waals surface area contributed by atoms with Crippen LogP contribution in [0, 0.1) is 0 Å². The van der Waals surface area contributed by atoms with Gasteiger partial charge in [0.2, 0.25) is 5.91 Å². The van der Waals surface area contributed by atoms with Gasteiger partial charge in [-0.15, -0.1) is 0 Å². The van der Waals surface area contributed by atoms with E-state index in [2.05, 4.69) is 5.32 Å². The number of thioether (sulfide) groups is 1. The van der Waals surface area contributed by atoms with E-state index < -0.39 is 27.8 Å². The standard InChI is InChI=1S/C18H18N2O5S3/c1-11(16(21)19-13-7-8-28(23,24)10-13)20-17(22)15(27-18(20)26)9-12-3-5-14(25-2)6-4-12/h3-9,11,13H,10H2,1-2H3,(H,19,21)/b15-9-/t11-,13+/m0/s1. The fourth-order valence-electron chi connectivity index (χ4n) is 2.75. The quantitative estimate of drug-likeness (QED) is 0.553. The molecule has 0 saturated carbocycles. The van der Waals surface area contributed by atoms with Crippen LogP contribution in [0.5, 0.6) is 5.75 Å². The van der Waals surface area contributed by atoms with E-state index in [4.69, 9.17) is 17.0 Å². The first-order valence-electron chi connectivity index (χ1n) is 8.32. The van der Waals surface area contributed by atoms with Crippen LogP contribution in [-0.4, -0.2) is 54.4 Å². The normalized spacial score (nSPS) is 23.3. The summed E-state index contributed by atoms with van der Waals surface area (Å²) in [5.74, 6) is -0.295. The van der Waals surface area contributed by atoms with E-state index in [0.29, 0.717) is 10.7 Å². The molecule has 0 aliphatic carbocycles. The summed E-state index contributed by atoms with van der Waals surface area (Å²) in [5.41, 5.74) is 0.805. The number of thiocarbonyl (C=S) groups is 1. The van der Waals surface area contributed by atoms with Crippen molar-refractivity contribution >= 4 is 56.0 Å². The number of nitrogens with zero attached hydrogens (tertiary/aromatic N) is 1. The van der Waals surface area contributed by atoms with Gasteiger partial charge in [-0.1, -0.05) is 36.1 Å². The van der Waals surface area contributed by atoms with Crippen molar-refractivity contribution in [2.45, 2.75) is 19.0 Å². The van der Waals surface area contributed by atoms with Crippen molar-refractivity contribution in [1.82, 2.24) is 10.2 Å². The number of carbonyl (C=O) groups excluding carboxylic acids is 2. The van der Waals surface area contributed by atoms with Crippen LogP contribution >= 0.6 is 24.0 Å². The average molecular weight is 439 g/mol. The third-order valence-electron chi connectivity index (χ3n) is 4.26. The minimum Gasteiger partial charge on any atom is -0.497 e. The Morgan fingerprint density at radius 2 is 2.07 bits per heavy atom. The molecule has 0 bridgehead atoms. The van der Waals surface area contributed by atoms with E-state index in [1.54, 1.807) is 32.2 Å². The number of nitrogens with one attached hydrogen (secondary N) is 1. The number of sulfone groups is 1. The molecule has 0 radical (unpaired) electrons. The van der Waals surface area contributed by atoms with Crippen LogP contribution in [0.3, 0.4) is 0 Å². The zero-order valence-corrected chi connectivity index (χ0v) is 17.6. The second-order valence-corrected chi connectivity index (χ2v) is 9.88. The van der Waals surface area contributed by atoms with Crippen molar-refractivity contribution in [2.75, 3.05) is 12.9 Å². The number of carbonyl (C=O) groups is 2. The van der Waals surface area contributed by atoms with Gasteiger partial charge >= 0.3 is 0 Å². The van der Waals surface area contributed by atoms with Gasteiger partial charge in [0.15, 0.2) is 9.84 Å². The second kappa shape index (κ2) is 8.06. The molecule has 1 aromatic rings. The smallest absolute Gasteiger partial charge is 0.266 e. The average Bonchev–Trinajstić information content (AvgIpc) is 3.13. The molecule has 2 atom stereocenters. The molecule has 2 amide bonds. The topological polar surface area (TPSA) is 92.8 Å². The molecule has 148 valence electrons. The number of methoxy groups -OCH3 is 1. The summed E-state index contributed by atoms with van der Waals surface area (Å²) in [7, 11) is -1.71. The second-order valence-electron chi connectivity index (χ2n) is 6.27. The molecule has 3 rings (SSSR count). The van der Waals surface area contributed by atoms with Crippen LogP contribution < -0.4 is 10.1 Å². The zero-order chi connectivity index (χ0) is 20.5. The fraction of sp³-hybridized carbons (Fsp3) is 0.278. The molecule has 1 aromatic carbocycles. The van der Waals surface area contributed by atoms with Crippen LogP contribution in [0.15, 0.2) is 40.7 Å². The fourth-order valence-corrected chi connectivity index (χ4v) is 5.41. The van der Waals surface area contributed by atoms with Crippen molar-refractivity contribution in [3.8, 4) is 5.75 Å². The number of hydrogen-bond acceptors (Lipinski definition) is 7. The predicted molar refractivity (Wildman–Crippen MR) is 112 cm³/mol. The molecule has 0 aromatic heterocycles. The lowest BCUT2D eigenvalue weighted by Crippen LogP contribution is -2.49. The first kappa shape index (κ1) is 20.6. The Balaban J connectivity index is 1.70.